The first-order valence-corrected chi connectivity index (χ1v) is 5.78. The zero-order valence-corrected chi connectivity index (χ0v) is 10.4. The summed E-state index contributed by atoms with van der Waals surface area (Å²) in [7, 11) is 0. The average Bonchev–Trinajstić information content (AvgIpc) is 2.80. The van der Waals surface area contributed by atoms with E-state index in [1.54, 1.807) is 6.07 Å². The van der Waals surface area contributed by atoms with Crippen molar-refractivity contribution in [2.45, 2.75) is 13.3 Å². The Bertz CT molecular complexity index is 582. The van der Waals surface area contributed by atoms with E-state index in [0.29, 0.717) is 5.82 Å². The number of halogens is 2. The largest absolute Gasteiger partial charge is 0.305 e. The lowest BCUT2D eigenvalue weighted by Gasteiger charge is -2.02. The standard InChI is InChI=1S/C12H11ClFN3O/c1-2-8-6-11(17-16-8)15-12(18)7-3-4-10(14)9(13)5-7/h3-6H,2H2,1H3,(H2,15,16,17,18). The van der Waals surface area contributed by atoms with Crippen molar-refractivity contribution in [3.05, 3.63) is 46.4 Å². The highest BCUT2D eigenvalue weighted by atomic mass is 35.5. The minimum absolute atomic E-state index is 0.0843. The number of aromatic amines is 1. The second kappa shape index (κ2) is 5.18. The van der Waals surface area contributed by atoms with Gasteiger partial charge in [0.05, 0.1) is 5.02 Å². The number of nitrogens with zero attached hydrogens (tertiary/aromatic N) is 1. The number of benzene rings is 1. The van der Waals surface area contributed by atoms with E-state index in [2.05, 4.69) is 15.5 Å². The lowest BCUT2D eigenvalue weighted by atomic mass is 10.2. The molecule has 6 heteroatoms. The van der Waals surface area contributed by atoms with Crippen molar-refractivity contribution in [2.24, 2.45) is 0 Å². The SMILES string of the molecule is CCc1cc(NC(=O)c2ccc(F)c(Cl)c2)n[nH]1. The molecule has 0 fully saturated rings. The Morgan fingerprint density at radius 2 is 2.28 bits per heavy atom. The van der Waals surface area contributed by atoms with E-state index in [9.17, 15) is 9.18 Å². The Hall–Kier alpha value is -1.88. The van der Waals surface area contributed by atoms with Gasteiger partial charge in [0.1, 0.15) is 5.82 Å². The Morgan fingerprint density at radius 1 is 1.50 bits per heavy atom. The molecule has 1 aromatic carbocycles. The lowest BCUT2D eigenvalue weighted by Crippen LogP contribution is -2.12. The van der Waals surface area contributed by atoms with Gasteiger partial charge in [0, 0.05) is 17.3 Å². The summed E-state index contributed by atoms with van der Waals surface area (Å²) in [5.41, 5.74) is 1.20. The Balaban J connectivity index is 2.14. The second-order valence-corrected chi connectivity index (χ2v) is 4.12. The molecule has 0 saturated heterocycles. The maximum Gasteiger partial charge on any atom is 0.256 e. The summed E-state index contributed by atoms with van der Waals surface area (Å²) in [4.78, 5) is 11.8. The Labute approximate surface area is 108 Å². The van der Waals surface area contributed by atoms with Crippen molar-refractivity contribution in [1.82, 2.24) is 10.2 Å². The van der Waals surface area contributed by atoms with E-state index >= 15 is 0 Å². The second-order valence-electron chi connectivity index (χ2n) is 3.71. The predicted octanol–water partition coefficient (Wildman–Crippen LogP) is 3.02. The Kier molecular flexibility index (Phi) is 3.62. The number of amides is 1. The van der Waals surface area contributed by atoms with Crippen molar-refractivity contribution in [3.8, 4) is 0 Å². The van der Waals surface area contributed by atoms with Gasteiger partial charge in [-0.05, 0) is 24.6 Å². The quantitative estimate of drug-likeness (QED) is 0.898. The molecule has 94 valence electrons. The molecule has 2 N–H and O–H groups in total. The number of anilines is 1. The Morgan fingerprint density at radius 3 is 2.89 bits per heavy atom. The van der Waals surface area contributed by atoms with Crippen LogP contribution in [0, 0.1) is 5.82 Å². The van der Waals surface area contributed by atoms with Gasteiger partial charge in [0.15, 0.2) is 5.82 Å². The summed E-state index contributed by atoms with van der Waals surface area (Å²) < 4.78 is 13.0. The van der Waals surface area contributed by atoms with E-state index in [-0.39, 0.29) is 16.5 Å². The van der Waals surface area contributed by atoms with Crippen LogP contribution in [0.3, 0.4) is 0 Å². The fourth-order valence-electron chi connectivity index (χ4n) is 1.43. The molecule has 0 saturated carbocycles. The van der Waals surface area contributed by atoms with Crippen LogP contribution in [0.1, 0.15) is 23.0 Å². The van der Waals surface area contributed by atoms with E-state index in [1.807, 2.05) is 6.92 Å². The average molecular weight is 268 g/mol. The number of carbonyl (C=O) groups excluding carboxylic acids is 1. The third kappa shape index (κ3) is 2.68. The summed E-state index contributed by atoms with van der Waals surface area (Å²) in [6.07, 6.45) is 0.797. The van der Waals surface area contributed by atoms with Gasteiger partial charge in [0.2, 0.25) is 0 Å². The molecule has 2 aromatic rings. The molecular weight excluding hydrogens is 257 g/mol. The minimum Gasteiger partial charge on any atom is -0.305 e. The van der Waals surface area contributed by atoms with Gasteiger partial charge in [-0.1, -0.05) is 18.5 Å². The van der Waals surface area contributed by atoms with Gasteiger partial charge >= 0.3 is 0 Å². The normalized spacial score (nSPS) is 10.4. The van der Waals surface area contributed by atoms with Crippen molar-refractivity contribution < 1.29 is 9.18 Å². The number of rotatable bonds is 3. The molecule has 1 heterocycles. The fourth-order valence-corrected chi connectivity index (χ4v) is 1.61. The maximum absolute atomic E-state index is 13.0. The van der Waals surface area contributed by atoms with Crippen molar-refractivity contribution in [1.29, 1.82) is 0 Å². The van der Waals surface area contributed by atoms with Crippen LogP contribution in [0.15, 0.2) is 24.3 Å². The number of carbonyl (C=O) groups is 1. The molecule has 2 rings (SSSR count). The highest BCUT2D eigenvalue weighted by Gasteiger charge is 2.10. The summed E-state index contributed by atoms with van der Waals surface area (Å²) in [6, 6.07) is 5.53. The molecular formula is C12H11ClFN3O. The van der Waals surface area contributed by atoms with E-state index in [0.717, 1.165) is 18.2 Å². The van der Waals surface area contributed by atoms with Crippen LogP contribution in [0.4, 0.5) is 10.2 Å². The van der Waals surface area contributed by atoms with Crippen LogP contribution in [0.2, 0.25) is 5.02 Å². The lowest BCUT2D eigenvalue weighted by molar-refractivity contribution is 0.102. The molecule has 1 aromatic heterocycles. The topological polar surface area (TPSA) is 57.8 Å². The minimum atomic E-state index is -0.554. The van der Waals surface area contributed by atoms with Gasteiger partial charge in [-0.25, -0.2) is 4.39 Å². The summed E-state index contributed by atoms with van der Waals surface area (Å²) in [5, 5.41) is 9.22. The highest BCUT2D eigenvalue weighted by Crippen LogP contribution is 2.17. The summed E-state index contributed by atoms with van der Waals surface area (Å²) in [5.74, 6) is -0.510. The van der Waals surface area contributed by atoms with Crippen LogP contribution >= 0.6 is 11.6 Å². The van der Waals surface area contributed by atoms with E-state index in [1.165, 1.54) is 12.1 Å². The third-order valence-electron chi connectivity index (χ3n) is 2.44. The van der Waals surface area contributed by atoms with Crippen molar-refractivity contribution >= 4 is 23.3 Å². The van der Waals surface area contributed by atoms with Gasteiger partial charge in [0.25, 0.3) is 5.91 Å². The highest BCUT2D eigenvalue weighted by molar-refractivity contribution is 6.31. The summed E-state index contributed by atoms with van der Waals surface area (Å²) in [6.45, 7) is 1.97. The first kappa shape index (κ1) is 12.6. The molecule has 18 heavy (non-hydrogen) atoms. The van der Waals surface area contributed by atoms with Crippen molar-refractivity contribution in [2.75, 3.05) is 5.32 Å². The van der Waals surface area contributed by atoms with Crippen LogP contribution in [0.5, 0.6) is 0 Å². The zero-order valence-electron chi connectivity index (χ0n) is 9.63. The molecule has 0 unspecified atom stereocenters. The maximum atomic E-state index is 13.0. The molecule has 4 nitrogen and oxygen atoms in total. The number of hydrogen-bond donors (Lipinski definition) is 2. The number of nitrogens with one attached hydrogen (secondary N) is 2. The summed E-state index contributed by atoms with van der Waals surface area (Å²) >= 11 is 5.61. The molecule has 0 atom stereocenters. The van der Waals surface area contributed by atoms with Gasteiger partial charge < -0.3 is 5.32 Å². The van der Waals surface area contributed by atoms with E-state index < -0.39 is 5.82 Å². The van der Waals surface area contributed by atoms with Gasteiger partial charge in [-0.3, -0.25) is 9.89 Å². The van der Waals surface area contributed by atoms with E-state index in [4.69, 9.17) is 11.6 Å². The van der Waals surface area contributed by atoms with Crippen molar-refractivity contribution in [3.63, 3.8) is 0 Å². The zero-order chi connectivity index (χ0) is 13.1. The van der Waals surface area contributed by atoms with Gasteiger partial charge in [-0.15, -0.1) is 0 Å². The predicted molar refractivity (Wildman–Crippen MR) is 67.3 cm³/mol. The monoisotopic (exact) mass is 267 g/mol. The molecule has 1 amide bonds. The third-order valence-corrected chi connectivity index (χ3v) is 2.72. The van der Waals surface area contributed by atoms with Crippen LogP contribution in [0.25, 0.3) is 0 Å². The molecule has 0 bridgehead atoms. The van der Waals surface area contributed by atoms with Gasteiger partial charge in [-0.2, -0.15) is 5.10 Å². The number of aryl methyl sites for hydroxylation is 1. The smallest absolute Gasteiger partial charge is 0.256 e. The first-order chi connectivity index (χ1) is 8.60. The molecule has 0 radical (unpaired) electrons. The number of aromatic nitrogens is 2. The molecule has 0 aliphatic heterocycles. The fraction of sp³-hybridized carbons (Fsp3) is 0.167. The first-order valence-electron chi connectivity index (χ1n) is 5.41. The van der Waals surface area contributed by atoms with Crippen LogP contribution in [-0.2, 0) is 6.42 Å². The molecule has 0 spiro atoms. The number of hydrogen-bond acceptors (Lipinski definition) is 2. The van der Waals surface area contributed by atoms with Crippen LogP contribution < -0.4 is 5.32 Å². The molecule has 0 aliphatic rings. The molecule has 0 aliphatic carbocycles. The van der Waals surface area contributed by atoms with Crippen LogP contribution in [-0.4, -0.2) is 16.1 Å². The number of H-pyrrole nitrogens is 1.